The summed E-state index contributed by atoms with van der Waals surface area (Å²) in [7, 11) is 1.54. The monoisotopic (exact) mass is 753 g/mol. The Kier molecular flexibility index (Phi) is 15.0. The molecule has 1 fully saturated rings. The van der Waals surface area contributed by atoms with E-state index in [0.717, 1.165) is 53.9 Å². The van der Waals surface area contributed by atoms with E-state index in [-0.39, 0.29) is 50.1 Å². The van der Waals surface area contributed by atoms with Crippen molar-refractivity contribution < 1.29 is 38.8 Å². The van der Waals surface area contributed by atoms with E-state index in [1.54, 1.807) is 11.0 Å². The maximum absolute atomic E-state index is 13.9. The number of aliphatic hydroxyl groups is 2. The van der Waals surface area contributed by atoms with Gasteiger partial charge in [0.25, 0.3) is 0 Å². The lowest BCUT2D eigenvalue weighted by atomic mass is 9.55. The summed E-state index contributed by atoms with van der Waals surface area (Å²) in [6, 6.07) is 11.2. The molecule has 2 N–H and O–H groups in total. The number of rotatable bonds is 20. The maximum Gasteiger partial charge on any atom is 0.410 e. The highest BCUT2D eigenvalue weighted by atomic mass is 35.5. The van der Waals surface area contributed by atoms with E-state index in [9.17, 15) is 15.0 Å². The standard InChI is InChI=1S/C41H56ClN3O8/c1-5-19-45(40(48)50-23-18-42)37-26-35(44-49-4)33-24-29(13-7-9-20-46)32(15-8-10-21-47)38-34-25-31(51-27-30-14-11-12-28(3)43-30)16-17-36(34)53-41(37,39(33)38)52-22-6-2/h6,11-12,14,16-17,24-25,29,32,37-39,46-47H,2,5,7-10,13,15,18-23,26-27H2,1,3-4H3/t29-,32+,37-,38+,39+,41+/m0/s1. The van der Waals surface area contributed by atoms with Gasteiger partial charge in [0.2, 0.25) is 5.79 Å². The summed E-state index contributed by atoms with van der Waals surface area (Å²) >= 11 is 5.97. The predicted octanol–water partition coefficient (Wildman–Crippen LogP) is 7.32. The van der Waals surface area contributed by atoms with E-state index in [2.05, 4.69) is 28.9 Å². The summed E-state index contributed by atoms with van der Waals surface area (Å²) in [4.78, 5) is 25.7. The number of aryl methyl sites for hydroxylation is 1. The van der Waals surface area contributed by atoms with Gasteiger partial charge in [-0.15, -0.1) is 18.2 Å². The third kappa shape index (κ3) is 9.19. The van der Waals surface area contributed by atoms with E-state index in [1.165, 1.54) is 7.11 Å². The van der Waals surface area contributed by atoms with Gasteiger partial charge in [-0.05, 0) is 86.8 Å². The van der Waals surface area contributed by atoms with Crippen LogP contribution in [0.1, 0.15) is 81.2 Å². The molecule has 1 aromatic heterocycles. The Balaban J connectivity index is 1.72. The van der Waals surface area contributed by atoms with Gasteiger partial charge in [-0.2, -0.15) is 0 Å². The Bertz CT molecular complexity index is 1590. The third-order valence-electron chi connectivity index (χ3n) is 10.6. The van der Waals surface area contributed by atoms with Gasteiger partial charge in [-0.1, -0.05) is 43.1 Å². The molecular weight excluding hydrogens is 698 g/mol. The zero-order chi connectivity index (χ0) is 37.8. The number of pyridine rings is 1. The van der Waals surface area contributed by atoms with Gasteiger partial charge < -0.3 is 34.0 Å². The Hall–Kier alpha value is -3.64. The zero-order valence-corrected chi connectivity index (χ0v) is 32.1. The van der Waals surface area contributed by atoms with Gasteiger partial charge in [-0.3, -0.25) is 9.88 Å². The van der Waals surface area contributed by atoms with Crippen LogP contribution in [0.4, 0.5) is 4.79 Å². The number of hydrogen-bond donors (Lipinski definition) is 2. The van der Waals surface area contributed by atoms with Crippen LogP contribution in [0, 0.1) is 24.7 Å². The first kappa shape index (κ1) is 40.5. The average Bonchev–Trinajstić information content (AvgIpc) is 3.16. The number of aromatic nitrogens is 1. The summed E-state index contributed by atoms with van der Waals surface area (Å²) in [5, 5.41) is 24.2. The lowest BCUT2D eigenvalue weighted by Gasteiger charge is -2.59. The van der Waals surface area contributed by atoms with Crippen LogP contribution in [0.2, 0.25) is 0 Å². The predicted molar refractivity (Wildman–Crippen MR) is 204 cm³/mol. The minimum atomic E-state index is -1.35. The number of fused-ring (bicyclic) bond motifs is 2. The fraction of sp³-hybridized carbons (Fsp3) is 0.585. The van der Waals surface area contributed by atoms with Crippen molar-refractivity contribution in [2.75, 3.05) is 46.0 Å². The second-order valence-electron chi connectivity index (χ2n) is 14.0. The summed E-state index contributed by atoms with van der Waals surface area (Å²) in [6.45, 7) is 9.12. The summed E-state index contributed by atoms with van der Waals surface area (Å²) in [6.07, 6.45) is 9.23. The number of unbranched alkanes of at least 4 members (excludes halogenated alkanes) is 2. The average molecular weight is 754 g/mol. The number of allylic oxidation sites excluding steroid dienone is 1. The number of aliphatic hydroxyl groups excluding tert-OH is 2. The van der Waals surface area contributed by atoms with Crippen LogP contribution in [-0.4, -0.2) is 89.7 Å². The highest BCUT2D eigenvalue weighted by Crippen LogP contribution is 2.62. The smallest absolute Gasteiger partial charge is 0.410 e. The molecule has 290 valence electrons. The highest BCUT2D eigenvalue weighted by Gasteiger charge is 2.65. The molecule has 0 bridgehead atoms. The fourth-order valence-electron chi connectivity index (χ4n) is 8.51. The molecular formula is C41H56ClN3O8. The Morgan fingerprint density at radius 2 is 1.96 bits per heavy atom. The quantitative estimate of drug-likeness (QED) is 0.0618. The number of alkyl halides is 1. The number of benzene rings is 1. The number of ether oxygens (including phenoxy) is 4. The molecule has 2 aliphatic carbocycles. The van der Waals surface area contributed by atoms with E-state index >= 15 is 0 Å². The fourth-order valence-corrected chi connectivity index (χ4v) is 8.59. The van der Waals surface area contributed by atoms with E-state index in [0.29, 0.717) is 50.3 Å². The van der Waals surface area contributed by atoms with Crippen LogP contribution in [0.5, 0.6) is 11.5 Å². The number of nitrogens with zero attached hydrogens (tertiary/aromatic N) is 3. The second kappa shape index (κ2) is 19.6. The van der Waals surface area contributed by atoms with E-state index in [1.807, 2.05) is 44.2 Å². The molecule has 53 heavy (non-hydrogen) atoms. The highest BCUT2D eigenvalue weighted by molar-refractivity contribution is 6.18. The van der Waals surface area contributed by atoms with Gasteiger partial charge in [-0.25, -0.2) is 4.79 Å². The normalized spacial score (nSPS) is 25.1. The van der Waals surface area contributed by atoms with E-state index < -0.39 is 23.8 Å². The van der Waals surface area contributed by atoms with Gasteiger partial charge in [0, 0.05) is 43.4 Å². The van der Waals surface area contributed by atoms with Crippen molar-refractivity contribution >= 4 is 23.4 Å². The molecule has 0 radical (unpaired) electrons. The number of oxime groups is 1. The molecule has 2 aromatic rings. The van der Waals surface area contributed by atoms with Crippen molar-refractivity contribution in [3.8, 4) is 11.5 Å². The van der Waals surface area contributed by atoms with Gasteiger partial charge >= 0.3 is 6.09 Å². The molecule has 0 saturated heterocycles. The molecule has 3 aliphatic rings. The molecule has 6 atom stereocenters. The molecule has 0 unspecified atom stereocenters. The topological polar surface area (TPSA) is 132 Å². The SMILES string of the molecule is C=CCO[C@@]12Oc3ccc(OCc4cccc(C)n4)cc3[C@H]3[C@H](CCCCO)[C@@H](CCCCO)C=C(C(=NOC)C[C@@H]1N(CCC)C(=O)OCCCl)[C@H]32. The van der Waals surface area contributed by atoms with Gasteiger partial charge in [0.15, 0.2) is 0 Å². The maximum atomic E-state index is 13.9. The first-order chi connectivity index (χ1) is 25.8. The van der Waals surface area contributed by atoms with E-state index in [4.69, 9.17) is 35.4 Å². The lowest BCUT2D eigenvalue weighted by molar-refractivity contribution is -0.255. The van der Waals surface area contributed by atoms with Crippen molar-refractivity contribution in [1.29, 1.82) is 0 Å². The third-order valence-corrected chi connectivity index (χ3v) is 10.7. The largest absolute Gasteiger partial charge is 0.487 e. The Morgan fingerprint density at radius 1 is 1.17 bits per heavy atom. The molecule has 0 spiro atoms. The molecule has 11 nitrogen and oxygen atoms in total. The van der Waals surface area contributed by atoms with Crippen molar-refractivity contribution in [3.63, 3.8) is 0 Å². The summed E-state index contributed by atoms with van der Waals surface area (Å²) in [5.74, 6) is -0.182. The van der Waals surface area contributed by atoms with Crippen molar-refractivity contribution in [2.45, 2.75) is 89.6 Å². The van der Waals surface area contributed by atoms with Crippen molar-refractivity contribution in [2.24, 2.45) is 22.9 Å². The van der Waals surface area contributed by atoms with Crippen molar-refractivity contribution in [3.05, 3.63) is 77.7 Å². The molecule has 1 aliphatic heterocycles. The number of halogens is 1. The van der Waals surface area contributed by atoms with Crippen LogP contribution in [0.15, 0.2) is 65.9 Å². The minimum Gasteiger partial charge on any atom is -0.487 e. The number of carbonyl (C=O) groups is 1. The van der Waals surface area contributed by atoms with Crippen molar-refractivity contribution in [1.82, 2.24) is 9.88 Å². The zero-order valence-electron chi connectivity index (χ0n) is 31.4. The number of amides is 1. The van der Waals surface area contributed by atoms with Gasteiger partial charge in [0.1, 0.15) is 37.9 Å². The second-order valence-corrected chi connectivity index (χ2v) is 14.4. The Labute approximate surface area is 318 Å². The van der Waals surface area contributed by atoms with Crippen LogP contribution in [-0.2, 0) is 20.9 Å². The van der Waals surface area contributed by atoms with Crippen LogP contribution in [0.3, 0.4) is 0 Å². The van der Waals surface area contributed by atoms with Crippen LogP contribution >= 0.6 is 11.6 Å². The number of carbonyl (C=O) groups excluding carboxylic acids is 1. The summed E-state index contributed by atoms with van der Waals surface area (Å²) < 4.78 is 26.2. The summed E-state index contributed by atoms with van der Waals surface area (Å²) in [5.41, 5.74) is 4.43. The lowest BCUT2D eigenvalue weighted by Crippen LogP contribution is -2.70. The molecule has 12 heteroatoms. The first-order valence-electron chi connectivity index (χ1n) is 19.0. The van der Waals surface area contributed by atoms with Crippen LogP contribution < -0.4 is 9.47 Å². The molecule has 1 saturated carbocycles. The molecule has 1 amide bonds. The van der Waals surface area contributed by atoms with Crippen LogP contribution in [0.25, 0.3) is 0 Å². The first-order valence-corrected chi connectivity index (χ1v) is 19.5. The Morgan fingerprint density at radius 3 is 2.66 bits per heavy atom. The number of hydrogen-bond acceptors (Lipinski definition) is 10. The molecule has 1 aromatic carbocycles. The van der Waals surface area contributed by atoms with Gasteiger partial charge in [0.05, 0.1) is 29.8 Å². The molecule has 5 rings (SSSR count). The minimum absolute atomic E-state index is 0.0665. The molecule has 2 heterocycles.